The Morgan fingerprint density at radius 3 is 2.54 bits per heavy atom. The van der Waals surface area contributed by atoms with Gasteiger partial charge in [-0.2, -0.15) is 13.2 Å². The molecule has 3 nitrogen and oxygen atoms in total. The summed E-state index contributed by atoms with van der Waals surface area (Å²) >= 11 is 0. The molecule has 1 rings (SSSR count). The van der Waals surface area contributed by atoms with E-state index in [4.69, 9.17) is 5.11 Å². The van der Waals surface area contributed by atoms with Crippen molar-refractivity contribution in [2.24, 2.45) is 5.92 Å². The minimum absolute atomic E-state index is 0.112. The Morgan fingerprint density at radius 1 is 1.46 bits per heavy atom. The van der Waals surface area contributed by atoms with Gasteiger partial charge in [-0.25, -0.2) is 0 Å². The molecule has 1 aliphatic heterocycles. The van der Waals surface area contributed by atoms with Gasteiger partial charge >= 0.3 is 12.1 Å². The monoisotopic (exact) mass is 197 g/mol. The zero-order valence-corrected chi connectivity index (χ0v) is 6.77. The molecule has 76 valence electrons. The van der Waals surface area contributed by atoms with Crippen LogP contribution in [-0.2, 0) is 4.79 Å². The second-order valence-corrected chi connectivity index (χ2v) is 3.11. The topological polar surface area (TPSA) is 49.3 Å². The Morgan fingerprint density at radius 2 is 2.08 bits per heavy atom. The summed E-state index contributed by atoms with van der Waals surface area (Å²) in [5.41, 5.74) is 0. The van der Waals surface area contributed by atoms with Gasteiger partial charge in [-0.1, -0.05) is 0 Å². The molecule has 2 N–H and O–H groups in total. The first kappa shape index (κ1) is 10.3. The number of alkyl halides is 3. The summed E-state index contributed by atoms with van der Waals surface area (Å²) in [5.74, 6) is -2.01. The highest BCUT2D eigenvalue weighted by Gasteiger charge is 2.43. The van der Waals surface area contributed by atoms with Crippen LogP contribution in [0.2, 0.25) is 0 Å². The Bertz CT molecular complexity index is 204. The van der Waals surface area contributed by atoms with Crippen LogP contribution in [0, 0.1) is 5.92 Å². The van der Waals surface area contributed by atoms with Crippen LogP contribution in [0.4, 0.5) is 13.2 Å². The molecule has 1 fully saturated rings. The zero-order valence-electron chi connectivity index (χ0n) is 6.77. The van der Waals surface area contributed by atoms with Crippen LogP contribution in [0.5, 0.6) is 0 Å². The second-order valence-electron chi connectivity index (χ2n) is 3.11. The van der Waals surface area contributed by atoms with Gasteiger partial charge in [0.05, 0.1) is 5.92 Å². The first-order valence-corrected chi connectivity index (χ1v) is 3.94. The fourth-order valence-corrected chi connectivity index (χ4v) is 1.39. The van der Waals surface area contributed by atoms with Crippen LogP contribution >= 0.6 is 0 Å². The van der Waals surface area contributed by atoms with Crippen molar-refractivity contribution in [2.45, 2.75) is 25.1 Å². The molecule has 6 heteroatoms. The molecule has 0 aromatic rings. The molecular formula is C7H10F3NO2. The molecule has 2 unspecified atom stereocenters. The summed E-state index contributed by atoms with van der Waals surface area (Å²) in [6.45, 7) is 0.112. The van der Waals surface area contributed by atoms with Crippen LogP contribution in [-0.4, -0.2) is 29.8 Å². The molecular weight excluding hydrogens is 187 g/mol. The molecule has 0 bridgehead atoms. The second kappa shape index (κ2) is 3.53. The van der Waals surface area contributed by atoms with E-state index in [1.807, 2.05) is 0 Å². The van der Waals surface area contributed by atoms with Gasteiger partial charge in [0.15, 0.2) is 0 Å². The Labute approximate surface area is 72.9 Å². The first-order chi connectivity index (χ1) is 5.91. The number of rotatable bonds is 1. The molecule has 1 saturated heterocycles. The van der Waals surface area contributed by atoms with E-state index in [1.54, 1.807) is 0 Å². The summed E-state index contributed by atoms with van der Waals surface area (Å²) in [4.78, 5) is 10.4. The normalized spacial score (nSPS) is 30.1. The van der Waals surface area contributed by atoms with E-state index in [1.165, 1.54) is 0 Å². The Hall–Kier alpha value is -0.780. The van der Waals surface area contributed by atoms with Gasteiger partial charge in [0.2, 0.25) is 0 Å². The van der Waals surface area contributed by atoms with Crippen molar-refractivity contribution < 1.29 is 23.1 Å². The lowest BCUT2D eigenvalue weighted by molar-refractivity contribution is -0.168. The standard InChI is InChI=1S/C7H10F3NO2/c8-7(9,10)5-3-4(6(12)13)1-2-11-5/h4-5,11H,1-3H2,(H,12,13). The molecule has 2 atom stereocenters. The van der Waals surface area contributed by atoms with E-state index < -0.39 is 24.1 Å². The third-order valence-electron chi connectivity index (χ3n) is 2.15. The van der Waals surface area contributed by atoms with Crippen molar-refractivity contribution in [3.05, 3.63) is 0 Å². The number of carboxylic acids is 1. The van der Waals surface area contributed by atoms with Crippen molar-refractivity contribution >= 4 is 5.97 Å². The van der Waals surface area contributed by atoms with Crippen LogP contribution in [0.1, 0.15) is 12.8 Å². The lowest BCUT2D eigenvalue weighted by atomic mass is 9.92. The maximum Gasteiger partial charge on any atom is 0.403 e. The number of carboxylic acid groups (broad SMARTS) is 1. The number of nitrogens with one attached hydrogen (secondary N) is 1. The maximum atomic E-state index is 12.1. The van der Waals surface area contributed by atoms with Gasteiger partial charge in [-0.3, -0.25) is 4.79 Å². The number of hydrogen-bond acceptors (Lipinski definition) is 2. The lowest BCUT2D eigenvalue weighted by Crippen LogP contribution is -2.48. The van der Waals surface area contributed by atoms with Crippen LogP contribution < -0.4 is 5.32 Å². The van der Waals surface area contributed by atoms with Crippen molar-refractivity contribution in [3.8, 4) is 0 Å². The van der Waals surface area contributed by atoms with Gasteiger partial charge < -0.3 is 10.4 Å². The van der Waals surface area contributed by atoms with E-state index in [9.17, 15) is 18.0 Å². The number of piperidine rings is 1. The van der Waals surface area contributed by atoms with Gasteiger partial charge in [-0.15, -0.1) is 0 Å². The number of hydrogen-bond donors (Lipinski definition) is 2. The number of halogens is 3. The highest BCUT2D eigenvalue weighted by atomic mass is 19.4. The molecule has 0 spiro atoms. The summed E-state index contributed by atoms with van der Waals surface area (Å²) < 4.78 is 36.4. The molecule has 0 aromatic heterocycles. The summed E-state index contributed by atoms with van der Waals surface area (Å²) in [5, 5.41) is 10.8. The van der Waals surface area contributed by atoms with E-state index >= 15 is 0 Å². The molecule has 0 saturated carbocycles. The maximum absolute atomic E-state index is 12.1. The molecule has 0 aromatic carbocycles. The average molecular weight is 197 g/mol. The fourth-order valence-electron chi connectivity index (χ4n) is 1.39. The largest absolute Gasteiger partial charge is 0.481 e. The Kier molecular flexibility index (Phi) is 2.80. The minimum Gasteiger partial charge on any atom is -0.481 e. The predicted molar refractivity (Wildman–Crippen MR) is 38.2 cm³/mol. The van der Waals surface area contributed by atoms with Crippen LogP contribution in [0.3, 0.4) is 0 Å². The highest BCUT2D eigenvalue weighted by molar-refractivity contribution is 5.70. The van der Waals surface area contributed by atoms with Gasteiger partial charge in [0.25, 0.3) is 0 Å². The minimum atomic E-state index is -4.34. The van der Waals surface area contributed by atoms with Crippen LogP contribution in [0.25, 0.3) is 0 Å². The number of carbonyl (C=O) groups is 1. The van der Waals surface area contributed by atoms with Crippen molar-refractivity contribution in [3.63, 3.8) is 0 Å². The van der Waals surface area contributed by atoms with E-state index in [0.717, 1.165) is 0 Å². The van der Waals surface area contributed by atoms with Gasteiger partial charge in [0, 0.05) is 0 Å². The SMILES string of the molecule is O=C(O)C1CCNC(C(F)(F)F)C1. The lowest BCUT2D eigenvalue weighted by Gasteiger charge is -2.29. The molecule has 0 radical (unpaired) electrons. The van der Waals surface area contributed by atoms with Crippen molar-refractivity contribution in [1.82, 2.24) is 5.32 Å². The van der Waals surface area contributed by atoms with Gasteiger partial charge in [0.1, 0.15) is 6.04 Å². The Balaban J connectivity index is 2.57. The molecule has 13 heavy (non-hydrogen) atoms. The third-order valence-corrected chi connectivity index (χ3v) is 2.15. The van der Waals surface area contributed by atoms with E-state index in [0.29, 0.717) is 0 Å². The predicted octanol–water partition coefficient (Wildman–Crippen LogP) is 1.00. The molecule has 1 aliphatic rings. The first-order valence-electron chi connectivity index (χ1n) is 3.94. The van der Waals surface area contributed by atoms with Gasteiger partial charge in [-0.05, 0) is 19.4 Å². The summed E-state index contributed by atoms with van der Waals surface area (Å²) in [7, 11) is 0. The average Bonchev–Trinajstić information content (AvgIpc) is 2.03. The smallest absolute Gasteiger partial charge is 0.403 e. The van der Waals surface area contributed by atoms with Crippen molar-refractivity contribution in [2.75, 3.05) is 6.54 Å². The number of aliphatic carboxylic acids is 1. The quantitative estimate of drug-likeness (QED) is 0.659. The van der Waals surface area contributed by atoms with E-state index in [2.05, 4.69) is 5.32 Å². The summed E-state index contributed by atoms with van der Waals surface area (Å²) in [6, 6.07) is -1.66. The van der Waals surface area contributed by atoms with Crippen LogP contribution in [0.15, 0.2) is 0 Å². The summed E-state index contributed by atoms with van der Waals surface area (Å²) in [6.07, 6.45) is -4.44. The highest BCUT2D eigenvalue weighted by Crippen LogP contribution is 2.28. The van der Waals surface area contributed by atoms with E-state index in [-0.39, 0.29) is 19.4 Å². The molecule has 0 amide bonds. The molecule has 0 aliphatic carbocycles. The zero-order chi connectivity index (χ0) is 10.1. The fraction of sp³-hybridized carbons (Fsp3) is 0.857. The third kappa shape index (κ3) is 2.58. The molecule has 1 heterocycles. The van der Waals surface area contributed by atoms with Crippen molar-refractivity contribution in [1.29, 1.82) is 0 Å².